The van der Waals surface area contributed by atoms with Crippen LogP contribution >= 0.6 is 11.6 Å². The van der Waals surface area contributed by atoms with Crippen LogP contribution in [0, 0.1) is 0 Å². The molecule has 0 bridgehead atoms. The molecule has 5 heteroatoms. The van der Waals surface area contributed by atoms with Crippen LogP contribution in [0.3, 0.4) is 0 Å². The summed E-state index contributed by atoms with van der Waals surface area (Å²) in [5, 5.41) is 0.280. The molecule has 1 aliphatic carbocycles. The fourth-order valence-electron chi connectivity index (χ4n) is 0.948. The first kappa shape index (κ1) is 8.04. The van der Waals surface area contributed by atoms with E-state index in [1.807, 2.05) is 0 Å². The highest BCUT2D eigenvalue weighted by Gasteiger charge is 2.22. The van der Waals surface area contributed by atoms with Gasteiger partial charge < -0.3 is 0 Å². The third-order valence-electron chi connectivity index (χ3n) is 1.41. The van der Waals surface area contributed by atoms with Crippen LogP contribution in [0.15, 0.2) is 9.94 Å². The second-order valence-electron chi connectivity index (χ2n) is 2.16. The van der Waals surface area contributed by atoms with Crippen LogP contribution in [0.2, 0.25) is 0 Å². The van der Waals surface area contributed by atoms with E-state index in [-0.39, 0.29) is 9.94 Å². The first-order valence-corrected chi connectivity index (χ1v) is 4.68. The minimum absolute atomic E-state index is 0.00540. The molecule has 0 amide bonds. The molecular weight excluding hydrogens is 176 g/mol. The van der Waals surface area contributed by atoms with Gasteiger partial charge in [0.25, 0.3) is 10.1 Å². The van der Waals surface area contributed by atoms with Gasteiger partial charge >= 0.3 is 0 Å². The van der Waals surface area contributed by atoms with E-state index in [1.54, 1.807) is 0 Å². The zero-order valence-corrected chi connectivity index (χ0v) is 6.74. The summed E-state index contributed by atoms with van der Waals surface area (Å²) in [7, 11) is -4.00. The smallest absolute Gasteiger partial charge is 0.282 e. The van der Waals surface area contributed by atoms with Gasteiger partial charge in [-0.25, -0.2) is 0 Å². The zero-order valence-electron chi connectivity index (χ0n) is 5.17. The van der Waals surface area contributed by atoms with E-state index >= 15 is 0 Å². The lowest BCUT2D eigenvalue weighted by Gasteiger charge is -1.94. The van der Waals surface area contributed by atoms with Crippen LogP contribution in [0.5, 0.6) is 0 Å². The van der Waals surface area contributed by atoms with Gasteiger partial charge in [-0.05, 0) is 19.3 Å². The Morgan fingerprint density at radius 2 is 2.00 bits per heavy atom. The fourth-order valence-corrected chi connectivity index (χ4v) is 2.25. The van der Waals surface area contributed by atoms with Crippen LogP contribution in [0.25, 0.3) is 0 Å². The van der Waals surface area contributed by atoms with Crippen molar-refractivity contribution in [2.45, 2.75) is 19.3 Å². The number of hydrogen-bond acceptors (Lipinski definition) is 2. The Morgan fingerprint density at radius 3 is 2.20 bits per heavy atom. The molecule has 10 heavy (non-hydrogen) atoms. The van der Waals surface area contributed by atoms with E-state index in [1.165, 1.54) is 0 Å². The zero-order chi connectivity index (χ0) is 7.78. The summed E-state index contributed by atoms with van der Waals surface area (Å²) in [6, 6.07) is 0. The molecule has 0 unspecified atom stereocenters. The Kier molecular flexibility index (Phi) is 2.03. The van der Waals surface area contributed by atoms with Gasteiger partial charge in [-0.2, -0.15) is 8.42 Å². The lowest BCUT2D eigenvalue weighted by molar-refractivity contribution is 0.489. The monoisotopic (exact) mass is 182 g/mol. The maximum atomic E-state index is 10.5. The Hall–Kier alpha value is -0.0600. The second-order valence-corrected chi connectivity index (χ2v) is 4.06. The normalized spacial score (nSPS) is 20.2. The van der Waals surface area contributed by atoms with Gasteiger partial charge in [-0.3, -0.25) is 4.55 Å². The van der Waals surface area contributed by atoms with Gasteiger partial charge in [0.05, 0.1) is 4.91 Å². The highest BCUT2D eigenvalue weighted by molar-refractivity contribution is 7.89. The molecule has 0 heterocycles. The topological polar surface area (TPSA) is 54.4 Å². The number of halogens is 1. The summed E-state index contributed by atoms with van der Waals surface area (Å²) in [4.78, 5) is -0.00540. The molecule has 0 atom stereocenters. The van der Waals surface area contributed by atoms with E-state index in [4.69, 9.17) is 16.2 Å². The van der Waals surface area contributed by atoms with Gasteiger partial charge in [-0.15, -0.1) is 0 Å². The Bertz CT molecular complexity index is 265. The first-order valence-electron chi connectivity index (χ1n) is 2.87. The summed E-state index contributed by atoms with van der Waals surface area (Å²) >= 11 is 5.50. The minimum atomic E-state index is -4.00. The lowest BCUT2D eigenvalue weighted by atomic mass is 10.4. The molecule has 3 nitrogen and oxygen atoms in total. The third kappa shape index (κ3) is 1.51. The Balaban J connectivity index is 3.04. The van der Waals surface area contributed by atoms with E-state index in [0.717, 1.165) is 0 Å². The first-order chi connectivity index (χ1) is 4.52. The molecule has 0 aromatic heterocycles. The summed E-state index contributed by atoms with van der Waals surface area (Å²) in [6.07, 6.45) is 1.66. The molecule has 0 saturated carbocycles. The summed E-state index contributed by atoms with van der Waals surface area (Å²) in [5.74, 6) is 0. The average Bonchev–Trinajstić information content (AvgIpc) is 2.11. The van der Waals surface area contributed by atoms with Crippen LogP contribution in [-0.2, 0) is 10.1 Å². The quantitative estimate of drug-likeness (QED) is 0.626. The molecule has 1 aliphatic rings. The molecule has 1 rings (SSSR count). The van der Waals surface area contributed by atoms with Gasteiger partial charge in [-0.1, -0.05) is 11.6 Å². The maximum absolute atomic E-state index is 10.5. The van der Waals surface area contributed by atoms with Crippen LogP contribution in [0.4, 0.5) is 0 Å². The van der Waals surface area contributed by atoms with Crippen molar-refractivity contribution in [3.63, 3.8) is 0 Å². The van der Waals surface area contributed by atoms with E-state index in [0.29, 0.717) is 19.3 Å². The molecule has 58 valence electrons. The van der Waals surface area contributed by atoms with Crippen molar-refractivity contribution in [1.82, 2.24) is 0 Å². The minimum Gasteiger partial charge on any atom is -0.282 e. The number of hydrogen-bond donors (Lipinski definition) is 1. The van der Waals surface area contributed by atoms with Crippen molar-refractivity contribution in [3.8, 4) is 0 Å². The molecule has 0 aliphatic heterocycles. The maximum Gasteiger partial charge on any atom is 0.291 e. The van der Waals surface area contributed by atoms with Crippen LogP contribution < -0.4 is 0 Å². The Labute approximate surface area is 64.4 Å². The van der Waals surface area contributed by atoms with Crippen molar-refractivity contribution >= 4 is 21.7 Å². The fraction of sp³-hybridized carbons (Fsp3) is 0.600. The van der Waals surface area contributed by atoms with Crippen LogP contribution in [0.1, 0.15) is 19.3 Å². The van der Waals surface area contributed by atoms with Crippen LogP contribution in [-0.4, -0.2) is 13.0 Å². The predicted octanol–water partition coefficient (Wildman–Crippen LogP) is 1.51. The predicted molar refractivity (Wildman–Crippen MR) is 38.3 cm³/mol. The molecule has 0 aromatic carbocycles. The molecule has 0 fully saturated rings. The standard InChI is InChI=1S/C5H7ClO3S/c6-4-2-1-3-5(4)10(7,8)9/h1-3H2,(H,7,8,9). The number of allylic oxidation sites excluding steroid dienone is 2. The van der Waals surface area contributed by atoms with Crippen molar-refractivity contribution in [2.24, 2.45) is 0 Å². The van der Waals surface area contributed by atoms with Gasteiger partial charge in [0.2, 0.25) is 0 Å². The lowest BCUT2D eigenvalue weighted by Crippen LogP contribution is -1.99. The van der Waals surface area contributed by atoms with Crippen molar-refractivity contribution in [3.05, 3.63) is 9.94 Å². The molecule has 0 spiro atoms. The molecule has 1 N–H and O–H groups in total. The van der Waals surface area contributed by atoms with Gasteiger partial charge in [0, 0.05) is 5.03 Å². The summed E-state index contributed by atoms with van der Waals surface area (Å²) in [5.41, 5.74) is 0. The van der Waals surface area contributed by atoms with E-state index < -0.39 is 10.1 Å². The molecule has 0 aromatic rings. The SMILES string of the molecule is O=S(=O)(O)C1=C(Cl)CCC1. The average molecular weight is 183 g/mol. The van der Waals surface area contributed by atoms with Crippen molar-refractivity contribution < 1.29 is 13.0 Å². The Morgan fingerprint density at radius 1 is 1.40 bits per heavy atom. The van der Waals surface area contributed by atoms with Gasteiger partial charge in [0.15, 0.2) is 0 Å². The van der Waals surface area contributed by atoms with E-state index in [9.17, 15) is 8.42 Å². The third-order valence-corrected chi connectivity index (χ3v) is 3.02. The molecular formula is C5H7ClO3S. The summed E-state index contributed by atoms with van der Waals surface area (Å²) < 4.78 is 29.4. The number of rotatable bonds is 1. The van der Waals surface area contributed by atoms with Gasteiger partial charge in [0.1, 0.15) is 0 Å². The van der Waals surface area contributed by atoms with E-state index in [2.05, 4.69) is 0 Å². The summed E-state index contributed by atoms with van der Waals surface area (Å²) in [6.45, 7) is 0. The molecule has 0 saturated heterocycles. The van der Waals surface area contributed by atoms with Crippen molar-refractivity contribution in [1.29, 1.82) is 0 Å². The highest BCUT2D eigenvalue weighted by Crippen LogP contribution is 2.31. The van der Waals surface area contributed by atoms with Crippen molar-refractivity contribution in [2.75, 3.05) is 0 Å². The second kappa shape index (κ2) is 2.53. The highest BCUT2D eigenvalue weighted by atomic mass is 35.5. The molecule has 0 radical (unpaired) electrons. The largest absolute Gasteiger partial charge is 0.291 e.